The molecule has 0 unspecified atom stereocenters. The molecule has 1 aliphatic heterocycles. The van der Waals surface area contributed by atoms with Crippen molar-refractivity contribution in [1.82, 2.24) is 10.2 Å². The summed E-state index contributed by atoms with van der Waals surface area (Å²) in [6, 6.07) is 9.48. The summed E-state index contributed by atoms with van der Waals surface area (Å²) in [6.07, 6.45) is 0.861. The molecule has 2 aromatic rings. The molecule has 1 aliphatic rings. The van der Waals surface area contributed by atoms with Gasteiger partial charge >= 0.3 is 5.97 Å². The number of halogens is 1. The normalized spacial score (nSPS) is 13.9. The Balaban J connectivity index is 1.97. The first kappa shape index (κ1) is 12.9. The Morgan fingerprint density at radius 3 is 2.75 bits per heavy atom. The maximum atomic E-state index is 11.3. The zero-order valence-corrected chi connectivity index (χ0v) is 11.3. The molecule has 0 amide bonds. The summed E-state index contributed by atoms with van der Waals surface area (Å²) in [7, 11) is 0. The number of fused-ring (bicyclic) bond motifs is 1. The van der Waals surface area contributed by atoms with E-state index in [9.17, 15) is 9.90 Å². The summed E-state index contributed by atoms with van der Waals surface area (Å²) in [5.41, 5.74) is 2.57. The van der Waals surface area contributed by atoms with Gasteiger partial charge in [-0.3, -0.25) is 0 Å². The van der Waals surface area contributed by atoms with Crippen molar-refractivity contribution in [2.75, 3.05) is 11.4 Å². The van der Waals surface area contributed by atoms with Crippen molar-refractivity contribution < 1.29 is 9.90 Å². The van der Waals surface area contributed by atoms with E-state index in [0.29, 0.717) is 18.9 Å². The SMILES string of the molecule is O=C(O)c1cc(Cl)nnc1N1CCc2ccccc2C1. The number of carbonyl (C=O) groups is 1. The van der Waals surface area contributed by atoms with E-state index in [1.807, 2.05) is 23.1 Å². The first-order chi connectivity index (χ1) is 9.65. The zero-order valence-electron chi connectivity index (χ0n) is 10.6. The highest BCUT2D eigenvalue weighted by molar-refractivity contribution is 6.29. The second kappa shape index (κ2) is 5.09. The maximum Gasteiger partial charge on any atom is 0.339 e. The number of rotatable bonds is 2. The fourth-order valence-electron chi connectivity index (χ4n) is 2.43. The summed E-state index contributed by atoms with van der Waals surface area (Å²) in [5.74, 6) is -0.674. The number of nitrogens with zero attached hydrogens (tertiary/aromatic N) is 3. The molecule has 6 heteroatoms. The molecule has 0 saturated heterocycles. The highest BCUT2D eigenvalue weighted by atomic mass is 35.5. The highest BCUT2D eigenvalue weighted by Crippen LogP contribution is 2.26. The van der Waals surface area contributed by atoms with Crippen molar-refractivity contribution in [3.63, 3.8) is 0 Å². The molecule has 0 aliphatic carbocycles. The van der Waals surface area contributed by atoms with Crippen LogP contribution in [0.4, 0.5) is 5.82 Å². The predicted molar refractivity (Wildman–Crippen MR) is 75.2 cm³/mol. The number of hydrogen-bond acceptors (Lipinski definition) is 4. The maximum absolute atomic E-state index is 11.3. The average molecular weight is 290 g/mol. The molecule has 5 nitrogen and oxygen atoms in total. The van der Waals surface area contributed by atoms with E-state index in [-0.39, 0.29) is 10.7 Å². The van der Waals surface area contributed by atoms with E-state index in [2.05, 4.69) is 16.3 Å². The number of anilines is 1. The third kappa shape index (κ3) is 2.32. The smallest absolute Gasteiger partial charge is 0.339 e. The minimum atomic E-state index is -1.05. The van der Waals surface area contributed by atoms with Gasteiger partial charge < -0.3 is 10.0 Å². The van der Waals surface area contributed by atoms with Gasteiger partial charge in [-0.15, -0.1) is 10.2 Å². The summed E-state index contributed by atoms with van der Waals surface area (Å²) in [6.45, 7) is 1.35. The lowest BCUT2D eigenvalue weighted by Gasteiger charge is -2.30. The third-order valence-corrected chi connectivity index (χ3v) is 3.59. The molecule has 1 aromatic heterocycles. The van der Waals surface area contributed by atoms with Crippen LogP contribution in [0.2, 0.25) is 5.15 Å². The van der Waals surface area contributed by atoms with Crippen LogP contribution < -0.4 is 4.90 Å². The van der Waals surface area contributed by atoms with Crippen molar-refractivity contribution >= 4 is 23.4 Å². The van der Waals surface area contributed by atoms with Gasteiger partial charge in [0.15, 0.2) is 11.0 Å². The van der Waals surface area contributed by atoms with E-state index in [4.69, 9.17) is 11.6 Å². The van der Waals surface area contributed by atoms with Gasteiger partial charge in [-0.25, -0.2) is 4.79 Å². The number of aromatic nitrogens is 2. The molecule has 1 aromatic carbocycles. The second-order valence-corrected chi connectivity index (χ2v) is 5.04. The molecule has 2 heterocycles. The molecular formula is C14H12ClN3O2. The minimum absolute atomic E-state index is 0.0866. The van der Waals surface area contributed by atoms with Crippen molar-refractivity contribution in [2.45, 2.75) is 13.0 Å². The van der Waals surface area contributed by atoms with Gasteiger partial charge in [0, 0.05) is 13.1 Å². The van der Waals surface area contributed by atoms with Crippen LogP contribution in [0.15, 0.2) is 30.3 Å². The number of benzene rings is 1. The van der Waals surface area contributed by atoms with Gasteiger partial charge in [0.05, 0.1) is 0 Å². The molecule has 0 spiro atoms. The van der Waals surface area contributed by atoms with Gasteiger partial charge in [-0.1, -0.05) is 35.9 Å². The fraction of sp³-hybridized carbons (Fsp3) is 0.214. The Hall–Kier alpha value is -2.14. The van der Waals surface area contributed by atoms with Gasteiger partial charge in [0.1, 0.15) is 5.56 Å². The quantitative estimate of drug-likeness (QED) is 0.919. The van der Waals surface area contributed by atoms with E-state index in [1.165, 1.54) is 17.2 Å². The van der Waals surface area contributed by atoms with Gasteiger partial charge in [0.25, 0.3) is 0 Å². The summed E-state index contributed by atoms with van der Waals surface area (Å²) in [5, 5.41) is 17.1. The van der Waals surface area contributed by atoms with Crippen LogP contribution in [0.1, 0.15) is 21.5 Å². The Morgan fingerprint density at radius 2 is 2.00 bits per heavy atom. The Morgan fingerprint density at radius 1 is 1.25 bits per heavy atom. The van der Waals surface area contributed by atoms with Crippen molar-refractivity contribution in [2.24, 2.45) is 0 Å². The van der Waals surface area contributed by atoms with Crippen LogP contribution >= 0.6 is 11.6 Å². The molecule has 0 saturated carbocycles. The minimum Gasteiger partial charge on any atom is -0.478 e. The fourth-order valence-corrected chi connectivity index (χ4v) is 2.58. The van der Waals surface area contributed by atoms with Crippen LogP contribution in [0, 0.1) is 0 Å². The molecule has 20 heavy (non-hydrogen) atoms. The standard InChI is InChI=1S/C14H12ClN3O2/c15-12-7-11(14(19)20)13(17-16-12)18-6-5-9-3-1-2-4-10(9)8-18/h1-4,7H,5-6,8H2,(H,19,20). The first-order valence-electron chi connectivity index (χ1n) is 6.23. The second-order valence-electron chi connectivity index (χ2n) is 4.65. The van der Waals surface area contributed by atoms with E-state index >= 15 is 0 Å². The molecule has 3 rings (SSSR count). The molecule has 0 radical (unpaired) electrons. The van der Waals surface area contributed by atoms with Gasteiger partial charge in [0.2, 0.25) is 0 Å². The molecule has 0 atom stereocenters. The first-order valence-corrected chi connectivity index (χ1v) is 6.61. The van der Waals surface area contributed by atoms with E-state index < -0.39 is 5.97 Å². The summed E-state index contributed by atoms with van der Waals surface area (Å²) >= 11 is 5.73. The molecular weight excluding hydrogens is 278 g/mol. The number of carboxylic acid groups (broad SMARTS) is 1. The summed E-state index contributed by atoms with van der Waals surface area (Å²) in [4.78, 5) is 13.2. The third-order valence-electron chi connectivity index (χ3n) is 3.41. The Kier molecular flexibility index (Phi) is 3.28. The van der Waals surface area contributed by atoms with Crippen LogP contribution in [0.25, 0.3) is 0 Å². The average Bonchev–Trinajstić information content (AvgIpc) is 2.46. The van der Waals surface area contributed by atoms with Crippen LogP contribution in [0.5, 0.6) is 0 Å². The van der Waals surface area contributed by atoms with Crippen LogP contribution in [-0.4, -0.2) is 27.8 Å². The Bertz CT molecular complexity index is 675. The van der Waals surface area contributed by atoms with E-state index in [1.54, 1.807) is 0 Å². The largest absolute Gasteiger partial charge is 0.478 e. The molecule has 1 N–H and O–H groups in total. The van der Waals surface area contributed by atoms with Crippen molar-refractivity contribution in [1.29, 1.82) is 0 Å². The molecule has 0 bridgehead atoms. The predicted octanol–water partition coefficient (Wildman–Crippen LogP) is 2.39. The lowest BCUT2D eigenvalue weighted by Crippen LogP contribution is -2.32. The summed E-state index contributed by atoms with van der Waals surface area (Å²) < 4.78 is 0. The lowest BCUT2D eigenvalue weighted by molar-refractivity contribution is 0.0697. The number of aromatic carboxylic acids is 1. The highest BCUT2D eigenvalue weighted by Gasteiger charge is 2.23. The van der Waals surface area contributed by atoms with Crippen LogP contribution in [0.3, 0.4) is 0 Å². The van der Waals surface area contributed by atoms with E-state index in [0.717, 1.165) is 6.42 Å². The molecule has 102 valence electrons. The number of hydrogen-bond donors (Lipinski definition) is 1. The topological polar surface area (TPSA) is 66.3 Å². The number of carboxylic acids is 1. The van der Waals surface area contributed by atoms with Crippen LogP contribution in [-0.2, 0) is 13.0 Å². The zero-order chi connectivity index (χ0) is 14.1. The van der Waals surface area contributed by atoms with Crippen molar-refractivity contribution in [3.8, 4) is 0 Å². The van der Waals surface area contributed by atoms with Gasteiger partial charge in [-0.2, -0.15) is 0 Å². The molecule has 0 fully saturated rings. The monoisotopic (exact) mass is 289 g/mol. The lowest BCUT2D eigenvalue weighted by atomic mass is 10.00. The Labute approximate surface area is 120 Å². The van der Waals surface area contributed by atoms with Gasteiger partial charge in [-0.05, 0) is 23.6 Å². The van der Waals surface area contributed by atoms with Crippen molar-refractivity contribution in [3.05, 3.63) is 52.2 Å².